The van der Waals surface area contributed by atoms with Gasteiger partial charge in [-0.3, -0.25) is 4.79 Å². The Hall–Kier alpha value is -2.21. The van der Waals surface area contributed by atoms with Gasteiger partial charge in [-0.05, 0) is 12.8 Å². The smallest absolute Gasteiger partial charge is 0.309 e. The van der Waals surface area contributed by atoms with Crippen molar-refractivity contribution in [1.82, 2.24) is 10.2 Å². The lowest BCUT2D eigenvalue weighted by Crippen LogP contribution is -2.19. The quantitative estimate of drug-likeness (QED) is 0.873. The maximum absolute atomic E-state index is 10.9. The minimum absolute atomic E-state index is 0.125. The number of hydrogen-bond donors (Lipinski definition) is 2. The Kier molecular flexibility index (Phi) is 3.96. The average Bonchev–Trinajstić information content (AvgIpc) is 2.99. The van der Waals surface area contributed by atoms with E-state index in [1.165, 1.54) is 0 Å². The van der Waals surface area contributed by atoms with Crippen LogP contribution in [0.3, 0.4) is 0 Å². The Morgan fingerprint density at radius 3 is 2.86 bits per heavy atom. The lowest BCUT2D eigenvalue weighted by atomic mass is 10.1. The molecule has 6 nitrogen and oxygen atoms in total. The third kappa shape index (κ3) is 3.11. The van der Waals surface area contributed by atoms with E-state index in [0.717, 1.165) is 30.2 Å². The van der Waals surface area contributed by atoms with Gasteiger partial charge in [0.15, 0.2) is 5.82 Å². The highest BCUT2D eigenvalue weighted by Gasteiger charge is 2.17. The van der Waals surface area contributed by atoms with Gasteiger partial charge in [0.05, 0.1) is 18.2 Å². The molecule has 0 saturated carbocycles. The zero-order valence-corrected chi connectivity index (χ0v) is 11.6. The van der Waals surface area contributed by atoms with Crippen LogP contribution < -0.4 is 5.32 Å². The van der Waals surface area contributed by atoms with Crippen LogP contribution in [-0.4, -0.2) is 40.5 Å². The van der Waals surface area contributed by atoms with Gasteiger partial charge >= 0.3 is 5.97 Å². The summed E-state index contributed by atoms with van der Waals surface area (Å²) in [4.78, 5) is 10.9. The number of carboxylic acids is 1. The van der Waals surface area contributed by atoms with E-state index in [4.69, 9.17) is 9.84 Å². The number of anilines is 1. The minimum Gasteiger partial charge on any atom is -0.481 e. The predicted molar refractivity (Wildman–Crippen MR) is 78.3 cm³/mol. The van der Waals surface area contributed by atoms with Crippen molar-refractivity contribution >= 4 is 22.6 Å². The van der Waals surface area contributed by atoms with Gasteiger partial charge in [0.25, 0.3) is 0 Å². The second-order valence-corrected chi connectivity index (χ2v) is 5.13. The lowest BCUT2D eigenvalue weighted by Gasteiger charge is -2.13. The van der Waals surface area contributed by atoms with Gasteiger partial charge in [-0.25, -0.2) is 0 Å². The van der Waals surface area contributed by atoms with Crippen LogP contribution >= 0.6 is 0 Å². The molecule has 2 heterocycles. The van der Waals surface area contributed by atoms with Gasteiger partial charge in [-0.15, -0.1) is 5.10 Å². The summed E-state index contributed by atoms with van der Waals surface area (Å²) >= 11 is 0. The molecule has 1 atom stereocenters. The van der Waals surface area contributed by atoms with Crippen molar-refractivity contribution in [2.45, 2.75) is 25.4 Å². The summed E-state index contributed by atoms with van der Waals surface area (Å²) in [6.45, 7) is 1.51. The summed E-state index contributed by atoms with van der Waals surface area (Å²) in [5.41, 5.74) is 0.487. The van der Waals surface area contributed by atoms with Gasteiger partial charge in [0.1, 0.15) is 0 Å². The molecule has 1 aliphatic rings. The van der Waals surface area contributed by atoms with Crippen molar-refractivity contribution in [3.8, 4) is 0 Å². The molecular weight excluding hydrogens is 270 g/mol. The molecule has 3 rings (SSSR count). The second-order valence-electron chi connectivity index (χ2n) is 5.13. The first-order chi connectivity index (χ1) is 10.2. The second kappa shape index (κ2) is 6.05. The van der Waals surface area contributed by atoms with E-state index in [1.807, 2.05) is 24.3 Å². The normalized spacial score (nSPS) is 18.0. The maximum Gasteiger partial charge on any atom is 0.309 e. The number of nitrogens with one attached hydrogen (secondary N) is 1. The van der Waals surface area contributed by atoms with E-state index in [0.29, 0.717) is 18.1 Å². The summed E-state index contributed by atoms with van der Waals surface area (Å²) in [5, 5.41) is 22.1. The van der Waals surface area contributed by atoms with E-state index >= 15 is 0 Å². The Bertz CT molecular complexity index is 654. The largest absolute Gasteiger partial charge is 0.481 e. The molecule has 0 amide bonds. The molecule has 1 aromatic heterocycles. The molecule has 1 aliphatic heterocycles. The van der Waals surface area contributed by atoms with Crippen LogP contribution in [0.1, 0.15) is 18.5 Å². The van der Waals surface area contributed by atoms with Crippen molar-refractivity contribution in [3.63, 3.8) is 0 Å². The molecule has 21 heavy (non-hydrogen) atoms. The third-order valence-corrected chi connectivity index (χ3v) is 3.60. The molecule has 6 heteroatoms. The zero-order valence-electron chi connectivity index (χ0n) is 11.6. The Labute approximate surface area is 122 Å². The third-order valence-electron chi connectivity index (χ3n) is 3.60. The first kappa shape index (κ1) is 13.8. The van der Waals surface area contributed by atoms with E-state index in [2.05, 4.69) is 15.5 Å². The van der Waals surface area contributed by atoms with Crippen molar-refractivity contribution in [3.05, 3.63) is 30.0 Å². The monoisotopic (exact) mass is 287 g/mol. The van der Waals surface area contributed by atoms with Crippen LogP contribution in [0.5, 0.6) is 0 Å². The number of aromatic nitrogens is 2. The Morgan fingerprint density at radius 2 is 2.14 bits per heavy atom. The highest BCUT2D eigenvalue weighted by Crippen LogP contribution is 2.23. The highest BCUT2D eigenvalue weighted by molar-refractivity contribution is 5.94. The summed E-state index contributed by atoms with van der Waals surface area (Å²) in [5.74, 6) is -0.232. The van der Waals surface area contributed by atoms with E-state index < -0.39 is 5.97 Å². The molecule has 1 fully saturated rings. The fourth-order valence-corrected chi connectivity index (χ4v) is 2.58. The Morgan fingerprint density at radius 1 is 1.33 bits per heavy atom. The number of fused-ring (bicyclic) bond motifs is 1. The van der Waals surface area contributed by atoms with Crippen LogP contribution in [0, 0.1) is 0 Å². The predicted octanol–water partition coefficient (Wildman–Crippen LogP) is 1.85. The zero-order chi connectivity index (χ0) is 14.7. The van der Waals surface area contributed by atoms with Crippen LogP contribution in [0.2, 0.25) is 0 Å². The van der Waals surface area contributed by atoms with Gasteiger partial charge in [-0.1, -0.05) is 24.3 Å². The van der Waals surface area contributed by atoms with Crippen LogP contribution in [-0.2, 0) is 16.0 Å². The number of aliphatic carboxylic acids is 1. The van der Waals surface area contributed by atoms with E-state index in [-0.39, 0.29) is 12.5 Å². The Balaban J connectivity index is 1.87. The summed E-state index contributed by atoms with van der Waals surface area (Å²) in [6.07, 6.45) is 2.23. The molecule has 0 radical (unpaired) electrons. The lowest BCUT2D eigenvalue weighted by molar-refractivity contribution is -0.136. The van der Waals surface area contributed by atoms with Gasteiger partial charge in [-0.2, -0.15) is 5.10 Å². The fourth-order valence-electron chi connectivity index (χ4n) is 2.58. The topological polar surface area (TPSA) is 84.3 Å². The number of ether oxygens (including phenoxy) is 1. The first-order valence-corrected chi connectivity index (χ1v) is 7.05. The molecule has 1 saturated heterocycles. The number of hydrogen-bond acceptors (Lipinski definition) is 5. The summed E-state index contributed by atoms with van der Waals surface area (Å²) in [6, 6.07) is 7.58. The maximum atomic E-state index is 10.9. The van der Waals surface area contributed by atoms with E-state index in [9.17, 15) is 4.79 Å². The standard InChI is InChI=1S/C15H17N3O3/c19-14(20)8-13-11-5-1-2-6-12(11)15(18-17-13)16-9-10-4-3-7-21-10/h1-2,5-6,10H,3-4,7-9H2,(H,16,18)(H,19,20). The van der Waals surface area contributed by atoms with E-state index in [1.54, 1.807) is 0 Å². The number of benzene rings is 1. The molecule has 0 aliphatic carbocycles. The average molecular weight is 287 g/mol. The van der Waals surface area contributed by atoms with Crippen molar-refractivity contribution in [2.75, 3.05) is 18.5 Å². The number of carbonyl (C=O) groups is 1. The van der Waals surface area contributed by atoms with Gasteiger partial charge < -0.3 is 15.2 Å². The van der Waals surface area contributed by atoms with Crippen molar-refractivity contribution in [2.24, 2.45) is 0 Å². The first-order valence-electron chi connectivity index (χ1n) is 7.05. The van der Waals surface area contributed by atoms with Crippen LogP contribution in [0.25, 0.3) is 10.8 Å². The fraction of sp³-hybridized carbons (Fsp3) is 0.400. The number of nitrogens with zero attached hydrogens (tertiary/aromatic N) is 2. The molecule has 1 aromatic carbocycles. The van der Waals surface area contributed by atoms with Crippen LogP contribution in [0.15, 0.2) is 24.3 Å². The molecule has 0 bridgehead atoms. The minimum atomic E-state index is -0.908. The summed E-state index contributed by atoms with van der Waals surface area (Å²) < 4.78 is 5.57. The molecule has 1 unspecified atom stereocenters. The van der Waals surface area contributed by atoms with Crippen molar-refractivity contribution in [1.29, 1.82) is 0 Å². The molecule has 0 spiro atoms. The SMILES string of the molecule is O=C(O)Cc1nnc(NCC2CCCO2)c2ccccc12. The van der Waals surface area contributed by atoms with Gasteiger partial charge in [0.2, 0.25) is 0 Å². The van der Waals surface area contributed by atoms with Crippen LogP contribution in [0.4, 0.5) is 5.82 Å². The van der Waals surface area contributed by atoms with Gasteiger partial charge in [0, 0.05) is 23.9 Å². The molecule has 2 N–H and O–H groups in total. The highest BCUT2D eigenvalue weighted by atomic mass is 16.5. The number of rotatable bonds is 5. The molecule has 2 aromatic rings. The van der Waals surface area contributed by atoms with Crippen molar-refractivity contribution < 1.29 is 14.6 Å². The summed E-state index contributed by atoms with van der Waals surface area (Å²) in [7, 11) is 0. The number of carboxylic acid groups (broad SMARTS) is 1. The molecular formula is C15H17N3O3. The molecule has 110 valence electrons.